The van der Waals surface area contributed by atoms with Crippen LogP contribution in [0.15, 0.2) is 30.3 Å². The molecule has 1 atom stereocenters. The van der Waals surface area contributed by atoms with E-state index in [9.17, 15) is 0 Å². The van der Waals surface area contributed by atoms with Crippen molar-refractivity contribution in [1.29, 1.82) is 0 Å². The molecule has 0 aliphatic heterocycles. The Balaban J connectivity index is 1.94. The van der Waals surface area contributed by atoms with E-state index < -0.39 is 0 Å². The number of benzene rings is 1. The molecule has 0 saturated heterocycles. The Labute approximate surface area is 131 Å². The molecule has 0 bridgehead atoms. The van der Waals surface area contributed by atoms with E-state index in [0.29, 0.717) is 16.9 Å². The summed E-state index contributed by atoms with van der Waals surface area (Å²) in [5.74, 6) is 0.794. The van der Waals surface area contributed by atoms with Crippen molar-refractivity contribution in [2.24, 2.45) is 16.7 Å². The van der Waals surface area contributed by atoms with Gasteiger partial charge in [-0.05, 0) is 35.3 Å². The van der Waals surface area contributed by atoms with Crippen LogP contribution in [0.5, 0.6) is 0 Å². The summed E-state index contributed by atoms with van der Waals surface area (Å²) < 4.78 is 0. The Kier molecular flexibility index (Phi) is 5.14. The fraction of sp³-hybridized carbons (Fsp3) is 0.700. The molecule has 1 aromatic rings. The zero-order valence-corrected chi connectivity index (χ0v) is 14.6. The van der Waals surface area contributed by atoms with Gasteiger partial charge in [0, 0.05) is 6.04 Å². The molecule has 2 rings (SSSR count). The van der Waals surface area contributed by atoms with E-state index >= 15 is 0 Å². The molecule has 0 amide bonds. The lowest BCUT2D eigenvalue weighted by atomic mass is 10.00. The van der Waals surface area contributed by atoms with Crippen LogP contribution in [-0.4, -0.2) is 6.54 Å². The van der Waals surface area contributed by atoms with Crippen LogP contribution >= 0.6 is 0 Å². The highest BCUT2D eigenvalue weighted by atomic mass is 14.9. The minimum atomic E-state index is 0.477. The number of hydrogen-bond donors (Lipinski definition) is 1. The van der Waals surface area contributed by atoms with Gasteiger partial charge in [-0.3, -0.25) is 0 Å². The summed E-state index contributed by atoms with van der Waals surface area (Å²) in [6.45, 7) is 13.1. The quantitative estimate of drug-likeness (QED) is 0.615. The van der Waals surface area contributed by atoms with Gasteiger partial charge in [0.05, 0.1) is 0 Å². The summed E-state index contributed by atoms with van der Waals surface area (Å²) in [4.78, 5) is 0. The summed E-state index contributed by atoms with van der Waals surface area (Å²) in [5, 5.41) is 3.87. The third-order valence-corrected chi connectivity index (χ3v) is 6.19. The largest absolute Gasteiger partial charge is 0.310 e. The van der Waals surface area contributed by atoms with Gasteiger partial charge in [-0.15, -0.1) is 0 Å². The van der Waals surface area contributed by atoms with Crippen LogP contribution in [0, 0.1) is 16.7 Å². The maximum absolute atomic E-state index is 3.87. The average Bonchev–Trinajstić information content (AvgIpc) is 2.85. The second-order valence-electron chi connectivity index (χ2n) is 7.86. The van der Waals surface area contributed by atoms with Crippen LogP contribution in [0.1, 0.15) is 71.9 Å². The van der Waals surface area contributed by atoms with Crippen LogP contribution in [0.2, 0.25) is 0 Å². The fourth-order valence-electron chi connectivity index (χ4n) is 3.77. The maximum atomic E-state index is 3.87. The zero-order chi connectivity index (χ0) is 15.5. The maximum Gasteiger partial charge on any atom is 0.0320 e. The first-order chi connectivity index (χ1) is 9.91. The predicted molar refractivity (Wildman–Crippen MR) is 92.4 cm³/mol. The molecule has 0 spiro atoms. The van der Waals surface area contributed by atoms with Crippen LogP contribution in [0.3, 0.4) is 0 Å². The molecule has 1 aliphatic rings. The second-order valence-corrected chi connectivity index (χ2v) is 7.86. The summed E-state index contributed by atoms with van der Waals surface area (Å²) in [6, 6.07) is 11.5. The Hall–Kier alpha value is -0.820. The SMILES string of the molecule is CCCCCC(NCC1C(C)(C)C1(C)C)c1ccccc1. The molecule has 1 nitrogen and oxygen atoms in total. The monoisotopic (exact) mass is 287 g/mol. The first-order valence-corrected chi connectivity index (χ1v) is 8.69. The number of rotatable bonds is 8. The van der Waals surface area contributed by atoms with Crippen LogP contribution in [0.25, 0.3) is 0 Å². The lowest BCUT2D eigenvalue weighted by molar-refractivity contribution is 0.436. The smallest absolute Gasteiger partial charge is 0.0320 e. The van der Waals surface area contributed by atoms with Crippen LogP contribution in [-0.2, 0) is 0 Å². The molecule has 0 aromatic heterocycles. The molecule has 0 heterocycles. The molecule has 21 heavy (non-hydrogen) atoms. The van der Waals surface area contributed by atoms with E-state index in [1.807, 2.05) is 0 Å². The van der Waals surface area contributed by atoms with Crippen molar-refractivity contribution in [3.8, 4) is 0 Å². The highest BCUT2D eigenvalue weighted by Crippen LogP contribution is 2.68. The minimum absolute atomic E-state index is 0.477. The van der Waals surface area contributed by atoms with Gasteiger partial charge in [0.2, 0.25) is 0 Å². The summed E-state index contributed by atoms with van der Waals surface area (Å²) >= 11 is 0. The van der Waals surface area contributed by atoms with Gasteiger partial charge in [-0.1, -0.05) is 84.2 Å². The van der Waals surface area contributed by atoms with E-state index in [4.69, 9.17) is 0 Å². The summed E-state index contributed by atoms with van der Waals surface area (Å²) in [5.41, 5.74) is 2.40. The van der Waals surface area contributed by atoms with Crippen molar-refractivity contribution in [3.63, 3.8) is 0 Å². The van der Waals surface area contributed by atoms with Crippen molar-refractivity contribution >= 4 is 0 Å². The Morgan fingerprint density at radius 3 is 2.14 bits per heavy atom. The second kappa shape index (κ2) is 6.52. The van der Waals surface area contributed by atoms with Gasteiger partial charge in [0.25, 0.3) is 0 Å². The third kappa shape index (κ3) is 3.51. The Morgan fingerprint density at radius 2 is 1.62 bits per heavy atom. The van der Waals surface area contributed by atoms with E-state index in [2.05, 4.69) is 70.3 Å². The average molecular weight is 287 g/mol. The molecule has 1 aromatic carbocycles. The zero-order valence-electron chi connectivity index (χ0n) is 14.6. The number of hydrogen-bond acceptors (Lipinski definition) is 1. The van der Waals surface area contributed by atoms with Gasteiger partial charge >= 0.3 is 0 Å². The molecule has 1 fully saturated rings. The van der Waals surface area contributed by atoms with Crippen LogP contribution < -0.4 is 5.32 Å². The lowest BCUT2D eigenvalue weighted by Gasteiger charge is -2.20. The first kappa shape index (κ1) is 16.5. The Bertz CT molecular complexity index is 418. The molecule has 1 N–H and O–H groups in total. The number of unbranched alkanes of at least 4 members (excludes halogenated alkanes) is 2. The topological polar surface area (TPSA) is 12.0 Å². The van der Waals surface area contributed by atoms with E-state index in [-0.39, 0.29) is 0 Å². The minimum Gasteiger partial charge on any atom is -0.310 e. The van der Waals surface area contributed by atoms with Gasteiger partial charge < -0.3 is 5.32 Å². The van der Waals surface area contributed by atoms with Gasteiger partial charge in [-0.2, -0.15) is 0 Å². The van der Waals surface area contributed by atoms with Crippen molar-refractivity contribution in [2.75, 3.05) is 6.54 Å². The standard InChI is InChI=1S/C20H33N/c1-6-7-9-14-17(16-12-10-8-11-13-16)21-15-18-19(2,3)20(18,4)5/h8,10-13,17-18,21H,6-7,9,14-15H2,1-5H3. The third-order valence-electron chi connectivity index (χ3n) is 6.19. The van der Waals surface area contributed by atoms with Crippen molar-refractivity contribution < 1.29 is 0 Å². The lowest BCUT2D eigenvalue weighted by Crippen LogP contribution is -2.25. The Morgan fingerprint density at radius 1 is 1.00 bits per heavy atom. The molecular formula is C20H33N. The van der Waals surface area contributed by atoms with Crippen molar-refractivity contribution in [2.45, 2.75) is 66.3 Å². The normalized spacial score (nSPS) is 21.2. The molecule has 118 valence electrons. The fourth-order valence-corrected chi connectivity index (χ4v) is 3.77. The molecule has 1 saturated carbocycles. The first-order valence-electron chi connectivity index (χ1n) is 8.69. The van der Waals surface area contributed by atoms with Gasteiger partial charge in [0.1, 0.15) is 0 Å². The molecule has 1 unspecified atom stereocenters. The molecule has 0 radical (unpaired) electrons. The van der Waals surface area contributed by atoms with Gasteiger partial charge in [-0.25, -0.2) is 0 Å². The van der Waals surface area contributed by atoms with Crippen molar-refractivity contribution in [3.05, 3.63) is 35.9 Å². The van der Waals surface area contributed by atoms with E-state index in [0.717, 1.165) is 12.5 Å². The van der Waals surface area contributed by atoms with E-state index in [1.165, 1.54) is 31.2 Å². The van der Waals surface area contributed by atoms with Gasteiger partial charge in [0.15, 0.2) is 0 Å². The predicted octanol–water partition coefficient (Wildman–Crippen LogP) is 5.58. The number of nitrogens with one attached hydrogen (secondary N) is 1. The molecule has 1 heteroatoms. The van der Waals surface area contributed by atoms with Crippen LogP contribution in [0.4, 0.5) is 0 Å². The summed E-state index contributed by atoms with van der Waals surface area (Å²) in [7, 11) is 0. The summed E-state index contributed by atoms with van der Waals surface area (Å²) in [6.07, 6.45) is 5.21. The molecule has 1 aliphatic carbocycles. The highest BCUT2D eigenvalue weighted by Gasteiger charge is 2.63. The van der Waals surface area contributed by atoms with E-state index in [1.54, 1.807) is 0 Å². The molecular weight excluding hydrogens is 254 g/mol. The van der Waals surface area contributed by atoms with Crippen molar-refractivity contribution in [1.82, 2.24) is 5.32 Å². The highest BCUT2D eigenvalue weighted by molar-refractivity contribution is 5.19.